The van der Waals surface area contributed by atoms with Crippen molar-refractivity contribution in [3.05, 3.63) is 29.8 Å². The van der Waals surface area contributed by atoms with Crippen molar-refractivity contribution in [3.63, 3.8) is 0 Å². The molecule has 2 unspecified atom stereocenters. The molecule has 3 rings (SSSR count). The van der Waals surface area contributed by atoms with Gasteiger partial charge in [-0.2, -0.15) is 0 Å². The first-order valence-electron chi connectivity index (χ1n) is 5.81. The van der Waals surface area contributed by atoms with Crippen molar-refractivity contribution in [1.82, 2.24) is 0 Å². The number of benzene rings is 1. The molecule has 1 aromatic rings. The Morgan fingerprint density at radius 1 is 1.38 bits per heavy atom. The van der Waals surface area contributed by atoms with E-state index < -0.39 is 0 Å². The summed E-state index contributed by atoms with van der Waals surface area (Å²) in [6.45, 7) is 1.47. The molecule has 1 fully saturated rings. The second-order valence-electron chi connectivity index (χ2n) is 5.00. The first kappa shape index (κ1) is 10.1. The van der Waals surface area contributed by atoms with Crippen LogP contribution in [0.1, 0.15) is 18.4 Å². The number of hydrogen-bond acceptors (Lipinski definition) is 3. The molecule has 1 spiro atoms. The molecule has 1 aromatic carbocycles. The Labute approximate surface area is 95.2 Å². The van der Waals surface area contributed by atoms with E-state index in [4.69, 9.17) is 10.5 Å². The van der Waals surface area contributed by atoms with E-state index in [0.29, 0.717) is 6.54 Å². The summed E-state index contributed by atoms with van der Waals surface area (Å²) in [5.41, 5.74) is 7.05. The van der Waals surface area contributed by atoms with E-state index in [0.717, 1.165) is 25.2 Å². The summed E-state index contributed by atoms with van der Waals surface area (Å²) in [5.74, 6) is 0.970. The Balaban J connectivity index is 2.07. The Kier molecular flexibility index (Phi) is 2.03. The molecule has 1 aliphatic heterocycles. The highest BCUT2D eigenvalue weighted by molar-refractivity contribution is 5.49. The van der Waals surface area contributed by atoms with E-state index in [2.05, 4.69) is 6.07 Å². The van der Waals surface area contributed by atoms with Crippen LogP contribution < -0.4 is 10.5 Å². The SMILES string of the molecule is NCC1(CO)CC12CCOc1ccccc12. The largest absolute Gasteiger partial charge is 0.493 e. The van der Waals surface area contributed by atoms with Gasteiger partial charge < -0.3 is 15.6 Å². The summed E-state index contributed by atoms with van der Waals surface area (Å²) in [7, 11) is 0. The zero-order valence-corrected chi connectivity index (χ0v) is 9.28. The minimum Gasteiger partial charge on any atom is -0.493 e. The fourth-order valence-corrected chi connectivity index (χ4v) is 3.26. The van der Waals surface area contributed by atoms with Gasteiger partial charge in [0.1, 0.15) is 5.75 Å². The topological polar surface area (TPSA) is 55.5 Å². The molecule has 1 aliphatic carbocycles. The molecule has 2 atom stereocenters. The van der Waals surface area contributed by atoms with Gasteiger partial charge in [-0.25, -0.2) is 0 Å². The van der Waals surface area contributed by atoms with Crippen LogP contribution in [0.3, 0.4) is 0 Å². The van der Waals surface area contributed by atoms with Gasteiger partial charge in [-0.3, -0.25) is 0 Å². The van der Waals surface area contributed by atoms with Gasteiger partial charge in [-0.05, 0) is 18.9 Å². The molecule has 1 heterocycles. The van der Waals surface area contributed by atoms with Crippen molar-refractivity contribution in [2.75, 3.05) is 19.8 Å². The van der Waals surface area contributed by atoms with Crippen molar-refractivity contribution in [3.8, 4) is 5.75 Å². The highest BCUT2D eigenvalue weighted by Crippen LogP contribution is 2.68. The van der Waals surface area contributed by atoms with Gasteiger partial charge in [0, 0.05) is 22.9 Å². The molecule has 2 aliphatic rings. The highest BCUT2D eigenvalue weighted by Gasteiger charge is 2.68. The average molecular weight is 219 g/mol. The fourth-order valence-electron chi connectivity index (χ4n) is 3.26. The van der Waals surface area contributed by atoms with E-state index in [1.807, 2.05) is 18.2 Å². The number of para-hydroxylation sites is 1. The van der Waals surface area contributed by atoms with Gasteiger partial charge in [0.05, 0.1) is 13.2 Å². The molecular weight excluding hydrogens is 202 g/mol. The lowest BCUT2D eigenvalue weighted by atomic mass is 9.82. The maximum absolute atomic E-state index is 9.58. The average Bonchev–Trinajstić information content (AvgIpc) is 2.99. The first-order chi connectivity index (χ1) is 7.78. The van der Waals surface area contributed by atoms with Gasteiger partial charge in [-0.1, -0.05) is 18.2 Å². The number of aliphatic hydroxyl groups excluding tert-OH is 1. The highest BCUT2D eigenvalue weighted by atomic mass is 16.5. The molecule has 0 radical (unpaired) electrons. The van der Waals surface area contributed by atoms with Crippen molar-refractivity contribution < 1.29 is 9.84 Å². The quantitative estimate of drug-likeness (QED) is 0.781. The van der Waals surface area contributed by atoms with Crippen LogP contribution in [0.5, 0.6) is 5.75 Å². The third kappa shape index (κ3) is 1.05. The summed E-state index contributed by atoms with van der Waals surface area (Å²) >= 11 is 0. The molecule has 0 bridgehead atoms. The number of ether oxygens (including phenoxy) is 1. The van der Waals surface area contributed by atoms with E-state index in [-0.39, 0.29) is 17.4 Å². The summed E-state index contributed by atoms with van der Waals surface area (Å²) in [5, 5.41) is 9.58. The van der Waals surface area contributed by atoms with Crippen LogP contribution >= 0.6 is 0 Å². The van der Waals surface area contributed by atoms with Gasteiger partial charge in [-0.15, -0.1) is 0 Å². The van der Waals surface area contributed by atoms with Crippen LogP contribution in [0, 0.1) is 5.41 Å². The van der Waals surface area contributed by atoms with Crippen LogP contribution in [-0.4, -0.2) is 24.9 Å². The molecular formula is C13H17NO2. The first-order valence-corrected chi connectivity index (χ1v) is 5.81. The lowest BCUT2D eigenvalue weighted by Crippen LogP contribution is -2.33. The molecule has 86 valence electrons. The normalized spacial score (nSPS) is 35.6. The zero-order chi connectivity index (χ0) is 11.2. The molecule has 3 nitrogen and oxygen atoms in total. The van der Waals surface area contributed by atoms with Gasteiger partial charge in [0.25, 0.3) is 0 Å². The Hall–Kier alpha value is -1.06. The number of hydrogen-bond donors (Lipinski definition) is 2. The maximum Gasteiger partial charge on any atom is 0.123 e. The minimum atomic E-state index is -0.104. The van der Waals surface area contributed by atoms with Crippen LogP contribution in [0.25, 0.3) is 0 Å². The smallest absolute Gasteiger partial charge is 0.123 e. The Morgan fingerprint density at radius 3 is 2.88 bits per heavy atom. The second kappa shape index (κ2) is 3.22. The van der Waals surface area contributed by atoms with E-state index >= 15 is 0 Å². The molecule has 1 saturated carbocycles. The summed E-state index contributed by atoms with van der Waals surface area (Å²) in [6, 6.07) is 8.14. The third-order valence-corrected chi connectivity index (χ3v) is 4.41. The maximum atomic E-state index is 9.58. The molecule has 3 N–H and O–H groups in total. The lowest BCUT2D eigenvalue weighted by Gasteiger charge is -2.30. The van der Waals surface area contributed by atoms with E-state index in [1.54, 1.807) is 0 Å². The number of rotatable bonds is 2. The lowest BCUT2D eigenvalue weighted by molar-refractivity contribution is 0.171. The van der Waals surface area contributed by atoms with Crippen LogP contribution in [-0.2, 0) is 5.41 Å². The van der Waals surface area contributed by atoms with E-state index in [1.165, 1.54) is 5.56 Å². The Bertz CT molecular complexity index is 414. The van der Waals surface area contributed by atoms with Gasteiger partial charge >= 0.3 is 0 Å². The minimum absolute atomic E-state index is 0.0747. The zero-order valence-electron chi connectivity index (χ0n) is 9.28. The van der Waals surface area contributed by atoms with Gasteiger partial charge in [0.15, 0.2) is 0 Å². The second-order valence-corrected chi connectivity index (χ2v) is 5.00. The predicted molar refractivity (Wildman–Crippen MR) is 61.4 cm³/mol. The molecule has 0 saturated heterocycles. The summed E-state index contributed by atoms with van der Waals surface area (Å²) in [4.78, 5) is 0. The number of nitrogens with two attached hydrogens (primary N) is 1. The van der Waals surface area contributed by atoms with Gasteiger partial charge in [0.2, 0.25) is 0 Å². The van der Waals surface area contributed by atoms with Crippen LogP contribution in [0.15, 0.2) is 24.3 Å². The van der Waals surface area contributed by atoms with Crippen LogP contribution in [0.2, 0.25) is 0 Å². The standard InChI is InChI=1S/C13H17NO2/c14-8-12(9-15)7-13(12)5-6-16-11-4-2-1-3-10(11)13/h1-4,15H,5-9,14H2. The van der Waals surface area contributed by atoms with Crippen molar-refractivity contribution in [2.24, 2.45) is 11.1 Å². The predicted octanol–water partition coefficient (Wildman–Crippen LogP) is 1.05. The van der Waals surface area contributed by atoms with Crippen molar-refractivity contribution >= 4 is 0 Å². The van der Waals surface area contributed by atoms with Crippen LogP contribution in [0.4, 0.5) is 0 Å². The van der Waals surface area contributed by atoms with E-state index in [9.17, 15) is 5.11 Å². The summed E-state index contributed by atoms with van der Waals surface area (Å²) in [6.07, 6.45) is 1.97. The molecule has 16 heavy (non-hydrogen) atoms. The molecule has 3 heteroatoms. The third-order valence-electron chi connectivity index (χ3n) is 4.41. The summed E-state index contributed by atoms with van der Waals surface area (Å²) < 4.78 is 5.66. The molecule has 0 aromatic heterocycles. The van der Waals surface area contributed by atoms with Crippen molar-refractivity contribution in [1.29, 1.82) is 0 Å². The number of aliphatic hydroxyl groups is 1. The Morgan fingerprint density at radius 2 is 2.19 bits per heavy atom. The number of fused-ring (bicyclic) bond motifs is 2. The monoisotopic (exact) mass is 219 g/mol. The molecule has 0 amide bonds. The van der Waals surface area contributed by atoms with Crippen molar-refractivity contribution in [2.45, 2.75) is 18.3 Å². The fraction of sp³-hybridized carbons (Fsp3) is 0.538.